The molecule has 3 aromatic rings. The fourth-order valence-corrected chi connectivity index (χ4v) is 5.73. The summed E-state index contributed by atoms with van der Waals surface area (Å²) in [6.07, 6.45) is 0. The molecule has 0 aliphatic heterocycles. The average Bonchev–Trinajstić information content (AvgIpc) is 2.93. The van der Waals surface area contributed by atoms with Crippen molar-refractivity contribution >= 4 is 43.5 Å². The lowest BCUT2D eigenvalue weighted by Gasteiger charge is -2.32. The van der Waals surface area contributed by atoms with Gasteiger partial charge >= 0.3 is 0 Å². The first kappa shape index (κ1) is 29.0. The van der Waals surface area contributed by atoms with Crippen molar-refractivity contribution in [2.24, 2.45) is 0 Å². The second kappa shape index (κ2) is 12.8. The lowest BCUT2D eigenvalue weighted by molar-refractivity contribution is -0.139. The Labute approximate surface area is 231 Å². The third kappa shape index (κ3) is 6.65. The first-order valence-corrected chi connectivity index (χ1v) is 13.9. The van der Waals surface area contributed by atoms with E-state index < -0.39 is 28.5 Å². The predicted molar refractivity (Wildman–Crippen MR) is 149 cm³/mol. The standard InChI is InChI=1S/C27H30BrN3O6S/c1-19(27(33)29-2)30(17-20-9-8-10-21(28)15-20)26(32)18-31(38(34,35)23-11-6-5-7-12-23)22-13-14-24(36-3)25(16-22)37-4/h5-16,19H,17-18H2,1-4H3,(H,29,33). The first-order chi connectivity index (χ1) is 18.1. The number of anilines is 1. The molecule has 0 aromatic heterocycles. The molecule has 9 nitrogen and oxygen atoms in total. The summed E-state index contributed by atoms with van der Waals surface area (Å²) in [5.41, 5.74) is 0.974. The Morgan fingerprint density at radius 2 is 1.63 bits per heavy atom. The molecule has 0 aliphatic carbocycles. The lowest BCUT2D eigenvalue weighted by atomic mass is 10.1. The zero-order valence-corrected chi connectivity index (χ0v) is 24.0. The van der Waals surface area contributed by atoms with E-state index in [9.17, 15) is 18.0 Å². The minimum atomic E-state index is -4.18. The van der Waals surface area contributed by atoms with Gasteiger partial charge in [-0.2, -0.15) is 0 Å². The molecular formula is C27H30BrN3O6S. The van der Waals surface area contributed by atoms with Gasteiger partial charge in [-0.1, -0.05) is 46.3 Å². The van der Waals surface area contributed by atoms with Gasteiger partial charge in [0.25, 0.3) is 10.0 Å². The number of carbonyl (C=O) groups is 2. The van der Waals surface area contributed by atoms with Crippen molar-refractivity contribution in [3.8, 4) is 11.5 Å². The Morgan fingerprint density at radius 1 is 0.947 bits per heavy atom. The second-order valence-electron chi connectivity index (χ2n) is 8.31. The molecule has 2 amide bonds. The molecule has 11 heteroatoms. The van der Waals surface area contributed by atoms with Crippen molar-refractivity contribution in [3.05, 3.63) is 82.8 Å². The van der Waals surface area contributed by atoms with Crippen molar-refractivity contribution in [3.63, 3.8) is 0 Å². The molecule has 0 radical (unpaired) electrons. The molecule has 3 rings (SSSR count). The molecule has 0 bridgehead atoms. The Balaban J connectivity index is 2.08. The number of ether oxygens (including phenoxy) is 2. The number of nitrogens with zero attached hydrogens (tertiary/aromatic N) is 2. The van der Waals surface area contributed by atoms with E-state index in [1.54, 1.807) is 31.2 Å². The third-order valence-electron chi connectivity index (χ3n) is 5.92. The summed E-state index contributed by atoms with van der Waals surface area (Å²) >= 11 is 3.42. The zero-order valence-electron chi connectivity index (χ0n) is 21.5. The fraction of sp³-hybridized carbons (Fsp3) is 0.259. The SMILES string of the molecule is CNC(=O)C(C)N(Cc1cccc(Br)c1)C(=O)CN(c1ccc(OC)c(OC)c1)S(=O)(=O)c1ccccc1. The Morgan fingerprint density at radius 3 is 2.24 bits per heavy atom. The van der Waals surface area contributed by atoms with Crippen LogP contribution in [0.15, 0.2) is 82.2 Å². The Hall–Kier alpha value is -3.57. The lowest BCUT2D eigenvalue weighted by Crippen LogP contribution is -2.50. The molecule has 0 saturated carbocycles. The van der Waals surface area contributed by atoms with Gasteiger partial charge in [-0.15, -0.1) is 0 Å². The van der Waals surface area contributed by atoms with E-state index in [0.717, 1.165) is 14.3 Å². The summed E-state index contributed by atoms with van der Waals surface area (Å²) in [6.45, 7) is 1.14. The van der Waals surface area contributed by atoms with E-state index in [1.807, 2.05) is 24.3 Å². The highest BCUT2D eigenvalue weighted by Crippen LogP contribution is 2.34. The van der Waals surface area contributed by atoms with Crippen LogP contribution in [-0.2, 0) is 26.2 Å². The van der Waals surface area contributed by atoms with E-state index in [1.165, 1.54) is 50.4 Å². The molecule has 38 heavy (non-hydrogen) atoms. The van der Waals surface area contributed by atoms with Crippen LogP contribution in [0.5, 0.6) is 11.5 Å². The number of amides is 2. The molecule has 1 N–H and O–H groups in total. The van der Waals surface area contributed by atoms with Gasteiger partial charge in [0.1, 0.15) is 12.6 Å². The highest BCUT2D eigenvalue weighted by Gasteiger charge is 2.32. The number of sulfonamides is 1. The number of benzene rings is 3. The molecule has 1 unspecified atom stereocenters. The summed E-state index contributed by atoms with van der Waals surface area (Å²) < 4.78 is 40.1. The quantitative estimate of drug-likeness (QED) is 0.357. The highest BCUT2D eigenvalue weighted by atomic mass is 79.9. The van der Waals surface area contributed by atoms with Gasteiger partial charge < -0.3 is 19.7 Å². The topological polar surface area (TPSA) is 105 Å². The molecule has 1 atom stereocenters. The summed E-state index contributed by atoms with van der Waals surface area (Å²) in [7, 11) is 0.215. The second-order valence-corrected chi connectivity index (χ2v) is 11.1. The van der Waals surface area contributed by atoms with Gasteiger partial charge in [0.05, 0.1) is 24.8 Å². The van der Waals surface area contributed by atoms with Crippen LogP contribution in [0.2, 0.25) is 0 Å². The number of rotatable bonds is 11. The number of halogens is 1. The van der Waals surface area contributed by atoms with E-state index in [-0.39, 0.29) is 23.0 Å². The van der Waals surface area contributed by atoms with Gasteiger partial charge in [-0.05, 0) is 48.9 Å². The Kier molecular flexibility index (Phi) is 9.76. The maximum Gasteiger partial charge on any atom is 0.264 e. The fourth-order valence-electron chi connectivity index (χ4n) is 3.85. The summed E-state index contributed by atoms with van der Waals surface area (Å²) in [5, 5.41) is 2.56. The Bertz CT molecular complexity index is 1380. The number of likely N-dealkylation sites (N-methyl/N-ethyl adjacent to an activating group) is 1. The predicted octanol–water partition coefficient (Wildman–Crippen LogP) is 3.82. The van der Waals surface area contributed by atoms with E-state index >= 15 is 0 Å². The largest absolute Gasteiger partial charge is 0.493 e. The molecule has 0 saturated heterocycles. The monoisotopic (exact) mass is 603 g/mol. The van der Waals surface area contributed by atoms with Crippen LogP contribution in [0, 0.1) is 0 Å². The average molecular weight is 605 g/mol. The smallest absolute Gasteiger partial charge is 0.264 e. The van der Waals surface area contributed by atoms with Crippen LogP contribution < -0.4 is 19.1 Å². The van der Waals surface area contributed by atoms with Crippen LogP contribution in [0.25, 0.3) is 0 Å². The van der Waals surface area contributed by atoms with E-state index in [0.29, 0.717) is 11.5 Å². The van der Waals surface area contributed by atoms with Crippen molar-refractivity contribution in [1.29, 1.82) is 0 Å². The van der Waals surface area contributed by atoms with Gasteiger partial charge in [0, 0.05) is 24.1 Å². The van der Waals surface area contributed by atoms with Crippen LogP contribution in [0.4, 0.5) is 5.69 Å². The molecule has 0 heterocycles. The maximum absolute atomic E-state index is 13.8. The molecule has 0 spiro atoms. The number of nitrogens with one attached hydrogen (secondary N) is 1. The summed E-state index contributed by atoms with van der Waals surface area (Å²) in [5.74, 6) is -0.230. The van der Waals surface area contributed by atoms with E-state index in [2.05, 4.69) is 21.2 Å². The van der Waals surface area contributed by atoms with E-state index in [4.69, 9.17) is 9.47 Å². The van der Waals surface area contributed by atoms with Crippen molar-refractivity contribution in [1.82, 2.24) is 10.2 Å². The normalized spacial score (nSPS) is 11.8. The highest BCUT2D eigenvalue weighted by molar-refractivity contribution is 9.10. The van der Waals surface area contributed by atoms with Crippen molar-refractivity contribution < 1.29 is 27.5 Å². The number of hydrogen-bond acceptors (Lipinski definition) is 6. The summed E-state index contributed by atoms with van der Waals surface area (Å²) in [6, 6.07) is 18.9. The molecule has 0 fully saturated rings. The molecule has 3 aromatic carbocycles. The van der Waals surface area contributed by atoms with Crippen LogP contribution in [-0.4, -0.2) is 59.0 Å². The number of methoxy groups -OCH3 is 2. The van der Waals surface area contributed by atoms with Gasteiger partial charge in [0.15, 0.2) is 11.5 Å². The summed E-state index contributed by atoms with van der Waals surface area (Å²) in [4.78, 5) is 27.7. The van der Waals surface area contributed by atoms with Crippen molar-refractivity contribution in [2.45, 2.75) is 24.4 Å². The van der Waals surface area contributed by atoms with Gasteiger partial charge in [-0.25, -0.2) is 8.42 Å². The van der Waals surface area contributed by atoms with Crippen LogP contribution in [0.1, 0.15) is 12.5 Å². The van der Waals surface area contributed by atoms with Gasteiger partial charge in [-0.3, -0.25) is 13.9 Å². The third-order valence-corrected chi connectivity index (χ3v) is 8.20. The molecular weight excluding hydrogens is 574 g/mol. The zero-order chi connectivity index (χ0) is 27.9. The number of carbonyl (C=O) groups excluding carboxylic acids is 2. The first-order valence-electron chi connectivity index (χ1n) is 11.7. The minimum Gasteiger partial charge on any atom is -0.493 e. The van der Waals surface area contributed by atoms with Crippen LogP contribution >= 0.6 is 15.9 Å². The molecule has 0 aliphatic rings. The van der Waals surface area contributed by atoms with Gasteiger partial charge in [0.2, 0.25) is 11.8 Å². The maximum atomic E-state index is 13.8. The van der Waals surface area contributed by atoms with Crippen LogP contribution in [0.3, 0.4) is 0 Å². The number of hydrogen-bond donors (Lipinski definition) is 1. The molecule has 202 valence electrons. The van der Waals surface area contributed by atoms with Crippen molar-refractivity contribution in [2.75, 3.05) is 32.1 Å². The minimum absolute atomic E-state index is 0.0143.